The van der Waals surface area contributed by atoms with Crippen LogP contribution in [-0.2, 0) is 9.53 Å². The molecule has 0 spiro atoms. The van der Waals surface area contributed by atoms with Gasteiger partial charge in [-0.15, -0.1) is 0 Å². The van der Waals surface area contributed by atoms with E-state index >= 15 is 0 Å². The number of thiocarbonyl (C=S) groups is 1. The first-order valence-corrected chi connectivity index (χ1v) is 3.72. The molecule has 0 heterocycles. The van der Waals surface area contributed by atoms with Crippen molar-refractivity contribution in [1.82, 2.24) is 10.7 Å². The van der Waals surface area contributed by atoms with E-state index in [1.54, 1.807) is 13.8 Å². The highest BCUT2D eigenvalue weighted by Crippen LogP contribution is 2.03. The van der Waals surface area contributed by atoms with E-state index in [0.29, 0.717) is 0 Å². The van der Waals surface area contributed by atoms with Crippen LogP contribution in [0.1, 0.15) is 13.8 Å². The molecular weight excluding hydrogens is 178 g/mol. The molecule has 12 heavy (non-hydrogen) atoms. The number of hydrogen-bond acceptors (Lipinski definition) is 4. The molecule has 0 radical (unpaired) electrons. The first-order chi connectivity index (χ1) is 5.44. The van der Waals surface area contributed by atoms with Crippen molar-refractivity contribution < 1.29 is 9.53 Å². The number of ether oxygens (including phenoxy) is 1. The second-order valence-corrected chi connectivity index (χ2v) is 3.12. The molecule has 0 aromatic carbocycles. The predicted molar refractivity (Wildman–Crippen MR) is 49.2 cm³/mol. The third-order valence-electron chi connectivity index (χ3n) is 1.25. The zero-order chi connectivity index (χ0) is 9.78. The number of nitrogens with one attached hydrogen (secondary N) is 2. The van der Waals surface area contributed by atoms with Crippen molar-refractivity contribution in [2.24, 2.45) is 5.84 Å². The van der Waals surface area contributed by atoms with Crippen molar-refractivity contribution >= 4 is 23.3 Å². The minimum Gasteiger partial charge on any atom is -0.467 e. The fraction of sp³-hybridized carbons (Fsp3) is 0.667. The Hall–Kier alpha value is -0.880. The van der Waals surface area contributed by atoms with Crippen LogP contribution >= 0.6 is 12.2 Å². The number of carbonyl (C=O) groups excluding carboxylic acids is 1. The number of hydrazine groups is 1. The highest BCUT2D eigenvalue weighted by Gasteiger charge is 2.28. The quantitative estimate of drug-likeness (QED) is 0.231. The van der Waals surface area contributed by atoms with Gasteiger partial charge in [-0.1, -0.05) is 0 Å². The van der Waals surface area contributed by atoms with Gasteiger partial charge in [-0.25, -0.2) is 10.6 Å². The lowest BCUT2D eigenvalue weighted by molar-refractivity contribution is -0.146. The number of esters is 1. The maximum atomic E-state index is 11.1. The minimum atomic E-state index is -0.863. The molecule has 0 bridgehead atoms. The van der Waals surface area contributed by atoms with Crippen LogP contribution < -0.4 is 16.6 Å². The van der Waals surface area contributed by atoms with Gasteiger partial charge in [0.25, 0.3) is 0 Å². The molecule has 0 unspecified atom stereocenters. The van der Waals surface area contributed by atoms with E-state index < -0.39 is 11.5 Å². The second-order valence-electron chi connectivity index (χ2n) is 2.72. The van der Waals surface area contributed by atoms with Crippen LogP contribution in [0.3, 0.4) is 0 Å². The van der Waals surface area contributed by atoms with Gasteiger partial charge < -0.3 is 15.5 Å². The summed E-state index contributed by atoms with van der Waals surface area (Å²) >= 11 is 4.72. The summed E-state index contributed by atoms with van der Waals surface area (Å²) in [5, 5.41) is 2.88. The normalized spacial score (nSPS) is 10.3. The topological polar surface area (TPSA) is 76.4 Å². The summed E-state index contributed by atoms with van der Waals surface area (Å²) in [6, 6.07) is 0. The van der Waals surface area contributed by atoms with Gasteiger partial charge in [-0.3, -0.25) is 0 Å². The van der Waals surface area contributed by atoms with Crippen molar-refractivity contribution in [2.45, 2.75) is 19.4 Å². The summed E-state index contributed by atoms with van der Waals surface area (Å²) in [6.07, 6.45) is 0. The summed E-state index contributed by atoms with van der Waals surface area (Å²) in [5.41, 5.74) is 1.35. The largest absolute Gasteiger partial charge is 0.467 e. The van der Waals surface area contributed by atoms with E-state index in [9.17, 15) is 4.79 Å². The van der Waals surface area contributed by atoms with E-state index in [0.717, 1.165) is 0 Å². The van der Waals surface area contributed by atoms with Crippen LogP contribution in [0.25, 0.3) is 0 Å². The standard InChI is InChI=1S/C6H13N3O2S/c1-6(2,4(10)11-3)8-5(12)9-7/h7H2,1-3H3,(H2,8,9,12). The third kappa shape index (κ3) is 3.02. The van der Waals surface area contributed by atoms with Crippen LogP contribution in [0.15, 0.2) is 0 Å². The zero-order valence-corrected chi connectivity index (χ0v) is 8.12. The van der Waals surface area contributed by atoms with Gasteiger partial charge in [0.1, 0.15) is 5.54 Å². The number of carbonyl (C=O) groups is 1. The molecule has 0 atom stereocenters. The third-order valence-corrected chi connectivity index (χ3v) is 1.47. The minimum absolute atomic E-state index is 0.199. The van der Waals surface area contributed by atoms with E-state index in [4.69, 9.17) is 18.1 Å². The Balaban J connectivity index is 4.21. The lowest BCUT2D eigenvalue weighted by Gasteiger charge is -2.23. The Morgan fingerprint density at radius 3 is 2.42 bits per heavy atom. The lowest BCUT2D eigenvalue weighted by Crippen LogP contribution is -2.54. The van der Waals surface area contributed by atoms with E-state index in [-0.39, 0.29) is 5.11 Å². The summed E-state index contributed by atoms with van der Waals surface area (Å²) in [4.78, 5) is 11.1. The summed E-state index contributed by atoms with van der Waals surface area (Å²) in [6.45, 7) is 3.28. The van der Waals surface area contributed by atoms with Gasteiger partial charge in [0.2, 0.25) is 0 Å². The molecule has 0 aliphatic rings. The van der Waals surface area contributed by atoms with Crippen molar-refractivity contribution in [3.8, 4) is 0 Å². The molecular formula is C6H13N3O2S. The lowest BCUT2D eigenvalue weighted by atomic mass is 10.1. The monoisotopic (exact) mass is 191 g/mol. The Labute approximate surface area is 76.6 Å². The van der Waals surface area contributed by atoms with Crippen LogP contribution in [0.4, 0.5) is 0 Å². The van der Waals surface area contributed by atoms with Gasteiger partial charge in [0.15, 0.2) is 5.11 Å². The maximum Gasteiger partial charge on any atom is 0.330 e. The number of methoxy groups -OCH3 is 1. The van der Waals surface area contributed by atoms with Crippen LogP contribution in [-0.4, -0.2) is 23.7 Å². The molecule has 0 rings (SSSR count). The molecule has 70 valence electrons. The molecule has 4 N–H and O–H groups in total. The Bertz CT molecular complexity index is 193. The van der Waals surface area contributed by atoms with E-state index in [1.165, 1.54) is 7.11 Å². The van der Waals surface area contributed by atoms with Crippen molar-refractivity contribution in [1.29, 1.82) is 0 Å². The number of nitrogens with two attached hydrogens (primary N) is 1. The van der Waals surface area contributed by atoms with Crippen molar-refractivity contribution in [3.05, 3.63) is 0 Å². The Kier molecular flexibility index (Phi) is 3.91. The van der Waals surface area contributed by atoms with E-state index in [1.807, 2.05) is 0 Å². The second kappa shape index (κ2) is 4.22. The molecule has 0 amide bonds. The fourth-order valence-corrected chi connectivity index (χ4v) is 0.881. The molecule has 0 aromatic heterocycles. The van der Waals surface area contributed by atoms with Gasteiger partial charge in [0, 0.05) is 0 Å². The first kappa shape index (κ1) is 11.1. The molecule has 0 aromatic rings. The van der Waals surface area contributed by atoms with E-state index in [2.05, 4.69) is 15.5 Å². The Morgan fingerprint density at radius 1 is 1.58 bits per heavy atom. The summed E-state index contributed by atoms with van der Waals surface area (Å²) < 4.78 is 4.53. The maximum absolute atomic E-state index is 11.1. The van der Waals surface area contributed by atoms with Crippen LogP contribution in [0, 0.1) is 0 Å². The van der Waals surface area contributed by atoms with Crippen LogP contribution in [0.5, 0.6) is 0 Å². The Morgan fingerprint density at radius 2 is 2.08 bits per heavy atom. The highest BCUT2D eigenvalue weighted by atomic mass is 32.1. The average molecular weight is 191 g/mol. The summed E-state index contributed by atoms with van der Waals surface area (Å²) in [5.74, 6) is 4.61. The zero-order valence-electron chi connectivity index (χ0n) is 7.30. The predicted octanol–water partition coefficient (Wildman–Crippen LogP) is -0.724. The molecule has 0 aliphatic carbocycles. The number of rotatable bonds is 2. The SMILES string of the molecule is COC(=O)C(C)(C)NC(=S)NN. The van der Waals surface area contributed by atoms with Gasteiger partial charge in [-0.2, -0.15) is 0 Å². The highest BCUT2D eigenvalue weighted by molar-refractivity contribution is 7.80. The summed E-state index contributed by atoms with van der Waals surface area (Å²) in [7, 11) is 1.31. The fourth-order valence-electron chi connectivity index (χ4n) is 0.626. The van der Waals surface area contributed by atoms with Crippen molar-refractivity contribution in [2.75, 3.05) is 7.11 Å². The average Bonchev–Trinajstić information content (AvgIpc) is 2.02. The van der Waals surface area contributed by atoms with Gasteiger partial charge in [0.05, 0.1) is 7.11 Å². The molecule has 0 saturated heterocycles. The van der Waals surface area contributed by atoms with Crippen LogP contribution in [0.2, 0.25) is 0 Å². The molecule has 0 fully saturated rings. The molecule has 0 saturated carbocycles. The van der Waals surface area contributed by atoms with Crippen molar-refractivity contribution in [3.63, 3.8) is 0 Å². The first-order valence-electron chi connectivity index (χ1n) is 3.31. The molecule has 6 heteroatoms. The smallest absolute Gasteiger partial charge is 0.330 e. The van der Waals surface area contributed by atoms with Gasteiger partial charge >= 0.3 is 5.97 Å². The number of hydrogen-bond donors (Lipinski definition) is 3. The molecule has 0 aliphatic heterocycles. The van der Waals surface area contributed by atoms with Gasteiger partial charge in [-0.05, 0) is 26.1 Å². The molecule has 5 nitrogen and oxygen atoms in total.